The van der Waals surface area contributed by atoms with Crippen LogP contribution in [-0.4, -0.2) is 34.2 Å². The number of nitro groups is 1. The topological polar surface area (TPSA) is 108 Å². The molecule has 8 nitrogen and oxygen atoms in total. The Morgan fingerprint density at radius 2 is 1.93 bits per heavy atom. The van der Waals surface area contributed by atoms with Crippen LogP contribution < -0.4 is 14.2 Å². The molecular weight excluding hydrogens is 424 g/mol. The molecule has 1 fully saturated rings. The van der Waals surface area contributed by atoms with E-state index in [0.717, 1.165) is 17.7 Å². The third-order valence-corrected chi connectivity index (χ3v) is 6.15. The van der Waals surface area contributed by atoms with Crippen molar-refractivity contribution < 1.29 is 37.8 Å². The lowest BCUT2D eigenvalue weighted by Crippen LogP contribution is -2.43. The van der Waals surface area contributed by atoms with E-state index in [-0.39, 0.29) is 40.2 Å². The molecule has 158 valence electrons. The Morgan fingerprint density at radius 1 is 1.23 bits per heavy atom. The summed E-state index contributed by atoms with van der Waals surface area (Å²) in [6.07, 6.45) is 0.681. The molecule has 2 aromatic rings. The number of nitrogens with zero attached hydrogens (tertiary/aromatic N) is 1. The van der Waals surface area contributed by atoms with Crippen LogP contribution in [0.25, 0.3) is 0 Å². The molecule has 11 heteroatoms. The summed E-state index contributed by atoms with van der Waals surface area (Å²) >= 11 is 1.60. The molecule has 1 spiro atoms. The van der Waals surface area contributed by atoms with Crippen LogP contribution >= 0.6 is 11.8 Å². The third-order valence-electron chi connectivity index (χ3n) is 4.87. The van der Waals surface area contributed by atoms with E-state index in [1.807, 2.05) is 0 Å². The Labute approximate surface area is 172 Å². The average Bonchev–Trinajstić information content (AvgIpc) is 3.06. The fourth-order valence-electron chi connectivity index (χ4n) is 3.50. The number of non-ortho nitro benzene ring substituents is 1. The molecule has 0 radical (unpaired) electrons. The molecule has 1 saturated heterocycles. The number of benzene rings is 2. The number of fused-ring (bicyclic) bond motifs is 1. The Kier molecular flexibility index (Phi) is 5.14. The maximum absolute atomic E-state index is 12.8. The van der Waals surface area contributed by atoms with Crippen molar-refractivity contribution in [2.24, 2.45) is 0 Å². The van der Waals surface area contributed by atoms with Crippen molar-refractivity contribution in [1.82, 2.24) is 0 Å². The van der Waals surface area contributed by atoms with Gasteiger partial charge in [0, 0.05) is 36.0 Å². The molecule has 2 aromatic carbocycles. The van der Waals surface area contributed by atoms with Crippen LogP contribution in [-0.2, 0) is 0 Å². The number of ether oxygens (including phenoxy) is 3. The SMILES string of the molecule is O=C(O)c1ccc(OC(F)F)c2c1OC1(CCSC(c3ccc([N+](=O)[O-])cc3)C1)O2. The molecule has 30 heavy (non-hydrogen) atoms. The average molecular weight is 439 g/mol. The summed E-state index contributed by atoms with van der Waals surface area (Å²) in [6, 6.07) is 8.34. The number of halogens is 2. The third kappa shape index (κ3) is 3.72. The molecule has 0 saturated carbocycles. The summed E-state index contributed by atoms with van der Waals surface area (Å²) in [4.78, 5) is 21.9. The van der Waals surface area contributed by atoms with Gasteiger partial charge in [-0.3, -0.25) is 10.1 Å². The molecule has 2 aliphatic heterocycles. The maximum Gasteiger partial charge on any atom is 0.387 e. The number of carbonyl (C=O) groups is 1. The lowest BCUT2D eigenvalue weighted by atomic mass is 10.0. The molecule has 2 aliphatic rings. The van der Waals surface area contributed by atoms with Gasteiger partial charge >= 0.3 is 12.6 Å². The van der Waals surface area contributed by atoms with Gasteiger partial charge in [-0.1, -0.05) is 12.1 Å². The van der Waals surface area contributed by atoms with Gasteiger partial charge in [0.15, 0.2) is 11.5 Å². The van der Waals surface area contributed by atoms with Crippen molar-refractivity contribution >= 4 is 23.4 Å². The molecule has 2 atom stereocenters. The van der Waals surface area contributed by atoms with E-state index in [1.54, 1.807) is 23.9 Å². The minimum Gasteiger partial charge on any atom is -0.478 e. The number of nitro benzene ring substituents is 1. The molecule has 2 unspecified atom stereocenters. The zero-order valence-electron chi connectivity index (χ0n) is 15.2. The van der Waals surface area contributed by atoms with Crippen molar-refractivity contribution in [3.63, 3.8) is 0 Å². The van der Waals surface area contributed by atoms with Gasteiger partial charge in [0.25, 0.3) is 11.5 Å². The van der Waals surface area contributed by atoms with Gasteiger partial charge in [-0.05, 0) is 17.7 Å². The molecular formula is C19H15F2NO7S. The van der Waals surface area contributed by atoms with Crippen LogP contribution in [0, 0.1) is 10.1 Å². The van der Waals surface area contributed by atoms with Crippen LogP contribution in [0.5, 0.6) is 17.2 Å². The summed E-state index contributed by atoms with van der Waals surface area (Å²) in [5.41, 5.74) is 0.568. The number of hydrogen-bond acceptors (Lipinski definition) is 7. The van der Waals surface area contributed by atoms with E-state index in [9.17, 15) is 28.8 Å². The van der Waals surface area contributed by atoms with Crippen LogP contribution in [0.4, 0.5) is 14.5 Å². The van der Waals surface area contributed by atoms with Gasteiger partial charge in [0.1, 0.15) is 5.56 Å². The van der Waals surface area contributed by atoms with Gasteiger partial charge in [0.2, 0.25) is 5.75 Å². The molecule has 0 aliphatic carbocycles. The minimum absolute atomic E-state index is 0.0325. The van der Waals surface area contributed by atoms with Crippen molar-refractivity contribution in [2.45, 2.75) is 30.5 Å². The fourth-order valence-corrected chi connectivity index (χ4v) is 4.94. The second-order valence-corrected chi connectivity index (χ2v) is 8.04. The fraction of sp³-hybridized carbons (Fsp3) is 0.316. The predicted molar refractivity (Wildman–Crippen MR) is 102 cm³/mol. The predicted octanol–water partition coefficient (Wildman–Crippen LogP) is 4.63. The van der Waals surface area contributed by atoms with E-state index in [4.69, 9.17) is 9.47 Å². The van der Waals surface area contributed by atoms with E-state index in [0.29, 0.717) is 12.2 Å². The normalized spacial score (nSPS) is 22.3. The van der Waals surface area contributed by atoms with Crippen LogP contribution in [0.15, 0.2) is 36.4 Å². The largest absolute Gasteiger partial charge is 0.478 e. The highest BCUT2D eigenvalue weighted by Crippen LogP contribution is 2.55. The number of rotatable bonds is 5. The number of carboxylic acid groups (broad SMARTS) is 1. The quantitative estimate of drug-likeness (QED) is 0.531. The molecule has 2 heterocycles. The van der Waals surface area contributed by atoms with Crippen molar-refractivity contribution in [1.29, 1.82) is 0 Å². The van der Waals surface area contributed by atoms with Gasteiger partial charge in [-0.25, -0.2) is 4.79 Å². The van der Waals surface area contributed by atoms with Crippen LogP contribution in [0.2, 0.25) is 0 Å². The number of hydrogen-bond donors (Lipinski definition) is 1. The Balaban J connectivity index is 1.63. The Hall–Kier alpha value is -3.08. The minimum atomic E-state index is -3.11. The van der Waals surface area contributed by atoms with E-state index in [2.05, 4.69) is 4.74 Å². The lowest BCUT2D eigenvalue weighted by Gasteiger charge is -2.36. The van der Waals surface area contributed by atoms with Crippen molar-refractivity contribution in [2.75, 3.05) is 5.75 Å². The first-order valence-electron chi connectivity index (χ1n) is 8.87. The van der Waals surface area contributed by atoms with Crippen molar-refractivity contribution in [3.05, 3.63) is 57.6 Å². The highest BCUT2D eigenvalue weighted by atomic mass is 32.2. The lowest BCUT2D eigenvalue weighted by molar-refractivity contribution is -0.384. The summed E-state index contributed by atoms with van der Waals surface area (Å²) in [5, 5.41) is 20.1. The molecule has 0 aromatic heterocycles. The monoisotopic (exact) mass is 439 g/mol. The molecule has 1 N–H and O–H groups in total. The maximum atomic E-state index is 12.8. The van der Waals surface area contributed by atoms with Crippen LogP contribution in [0.1, 0.15) is 34.0 Å². The zero-order valence-corrected chi connectivity index (χ0v) is 16.1. The standard InChI is InChI=1S/C19H15F2NO7S/c20-18(21)27-13-6-5-12(17(23)24)15-16(13)29-19(28-15)7-8-30-14(9-19)10-1-3-11(4-2-10)22(25)26/h1-6,14,18H,7-9H2,(H,23,24). The second kappa shape index (κ2) is 7.63. The number of thioether (sulfide) groups is 1. The first-order chi connectivity index (χ1) is 14.3. The highest BCUT2D eigenvalue weighted by Gasteiger charge is 2.49. The van der Waals surface area contributed by atoms with E-state index < -0.39 is 23.3 Å². The summed E-state index contributed by atoms with van der Waals surface area (Å²) in [7, 11) is 0. The Bertz CT molecular complexity index is 1000. The first-order valence-corrected chi connectivity index (χ1v) is 9.92. The molecule has 0 bridgehead atoms. The van der Waals surface area contributed by atoms with Crippen molar-refractivity contribution in [3.8, 4) is 17.2 Å². The highest BCUT2D eigenvalue weighted by molar-refractivity contribution is 7.99. The number of aromatic carboxylic acids is 1. The van der Waals surface area contributed by atoms with Gasteiger partial charge in [-0.15, -0.1) is 0 Å². The summed E-state index contributed by atoms with van der Waals surface area (Å²) in [6.45, 7) is -3.11. The van der Waals surface area contributed by atoms with Gasteiger partial charge in [0.05, 0.1) is 4.92 Å². The molecule has 0 amide bonds. The zero-order chi connectivity index (χ0) is 21.5. The number of carboxylic acids is 1. The second-order valence-electron chi connectivity index (χ2n) is 6.73. The number of alkyl halides is 2. The Morgan fingerprint density at radius 3 is 2.57 bits per heavy atom. The first kappa shape index (κ1) is 20.2. The van der Waals surface area contributed by atoms with E-state index >= 15 is 0 Å². The van der Waals surface area contributed by atoms with E-state index in [1.165, 1.54) is 12.1 Å². The van der Waals surface area contributed by atoms with Gasteiger partial charge < -0.3 is 19.3 Å². The summed E-state index contributed by atoms with van der Waals surface area (Å²) in [5.74, 6) is -2.55. The van der Waals surface area contributed by atoms with Gasteiger partial charge in [-0.2, -0.15) is 20.5 Å². The molecule has 4 rings (SSSR count). The smallest absolute Gasteiger partial charge is 0.387 e. The van der Waals surface area contributed by atoms with Crippen LogP contribution in [0.3, 0.4) is 0 Å². The summed E-state index contributed by atoms with van der Waals surface area (Å²) < 4.78 is 41.8.